The molecule has 0 spiro atoms. The van der Waals surface area contributed by atoms with Gasteiger partial charge in [0, 0.05) is 49.0 Å². The summed E-state index contributed by atoms with van der Waals surface area (Å²) in [7, 11) is 0. The van der Waals surface area contributed by atoms with Crippen LogP contribution in [0.4, 0.5) is 15.7 Å². The van der Waals surface area contributed by atoms with Gasteiger partial charge in [-0.15, -0.1) is 11.3 Å². The minimum absolute atomic E-state index is 0.231. The Labute approximate surface area is 176 Å². The van der Waals surface area contributed by atoms with Gasteiger partial charge in [-0.05, 0) is 58.3 Å². The summed E-state index contributed by atoms with van der Waals surface area (Å²) in [5, 5.41) is 4.15. The number of hydrogen-bond acceptors (Lipinski definition) is 6. The second-order valence-corrected chi connectivity index (χ2v) is 9.42. The van der Waals surface area contributed by atoms with E-state index in [0.29, 0.717) is 5.92 Å². The smallest absolute Gasteiger partial charge is 0.320 e. The number of piperidine rings is 2. The highest BCUT2D eigenvalue weighted by Gasteiger charge is 2.28. The molecule has 4 heterocycles. The Bertz CT molecular complexity index is 847. The molecule has 0 radical (unpaired) electrons. The van der Waals surface area contributed by atoms with Gasteiger partial charge < -0.3 is 15.1 Å². The van der Waals surface area contributed by atoms with Crippen molar-refractivity contribution in [3.8, 4) is 0 Å². The minimum atomic E-state index is 0.231. The predicted molar refractivity (Wildman–Crippen MR) is 116 cm³/mol. The highest BCUT2D eigenvalue weighted by atomic mass is 32.1. The topological polar surface area (TPSA) is 74.2 Å². The van der Waals surface area contributed by atoms with E-state index in [4.69, 9.17) is 0 Å². The van der Waals surface area contributed by atoms with Crippen LogP contribution < -0.4 is 5.32 Å². The summed E-state index contributed by atoms with van der Waals surface area (Å²) in [6, 6.07) is 2.25. The molecule has 2 saturated heterocycles. The van der Waals surface area contributed by atoms with Crippen molar-refractivity contribution in [3.63, 3.8) is 0 Å². The quantitative estimate of drug-likeness (QED) is 0.813. The Morgan fingerprint density at radius 1 is 1.14 bits per heavy atom. The molecule has 2 fully saturated rings. The Morgan fingerprint density at radius 3 is 2.69 bits per heavy atom. The van der Waals surface area contributed by atoms with E-state index in [1.165, 1.54) is 11.3 Å². The normalized spacial score (nSPS) is 20.0. The summed E-state index contributed by atoms with van der Waals surface area (Å²) >= 11 is 1.62. The molecule has 0 bridgehead atoms. The Kier molecular flexibility index (Phi) is 6.28. The number of carbonyl (C=O) groups excluding carboxylic acids is 1. The average Bonchev–Trinajstić information content (AvgIpc) is 3.12. The van der Waals surface area contributed by atoms with Gasteiger partial charge in [0.15, 0.2) is 5.13 Å². The summed E-state index contributed by atoms with van der Waals surface area (Å²) in [5.74, 6) is 2.00. The van der Waals surface area contributed by atoms with Crippen molar-refractivity contribution < 1.29 is 4.79 Å². The van der Waals surface area contributed by atoms with Gasteiger partial charge >= 0.3 is 6.03 Å². The number of thiazole rings is 1. The van der Waals surface area contributed by atoms with Crippen LogP contribution in [0, 0.1) is 19.8 Å². The van der Waals surface area contributed by atoms with Gasteiger partial charge in [0.1, 0.15) is 11.6 Å². The molecule has 4 rings (SSSR count). The fourth-order valence-electron chi connectivity index (χ4n) is 4.31. The molecular weight excluding hydrogens is 384 g/mol. The number of nitrogens with one attached hydrogen (secondary N) is 1. The van der Waals surface area contributed by atoms with Crippen molar-refractivity contribution in [2.24, 2.45) is 5.92 Å². The molecule has 29 heavy (non-hydrogen) atoms. The number of hydrogen-bond donors (Lipinski definition) is 1. The zero-order valence-electron chi connectivity index (χ0n) is 17.4. The Balaban J connectivity index is 1.39. The Hall–Kier alpha value is -2.22. The van der Waals surface area contributed by atoms with Crippen molar-refractivity contribution in [1.82, 2.24) is 24.8 Å². The third kappa shape index (κ3) is 5.23. The highest BCUT2D eigenvalue weighted by Crippen LogP contribution is 2.25. The van der Waals surface area contributed by atoms with Crippen LogP contribution in [0.1, 0.15) is 48.5 Å². The van der Waals surface area contributed by atoms with Gasteiger partial charge in [0.05, 0.1) is 0 Å². The molecule has 0 aromatic carbocycles. The van der Waals surface area contributed by atoms with Gasteiger partial charge in [0.2, 0.25) is 0 Å². The van der Waals surface area contributed by atoms with Crippen molar-refractivity contribution in [2.45, 2.75) is 52.4 Å². The van der Waals surface area contributed by atoms with E-state index in [9.17, 15) is 4.79 Å². The lowest BCUT2D eigenvalue weighted by atomic mass is 9.93. The van der Waals surface area contributed by atoms with Crippen LogP contribution in [0.2, 0.25) is 0 Å². The number of amides is 2. The number of anilines is 2. The van der Waals surface area contributed by atoms with Crippen LogP contribution >= 0.6 is 11.3 Å². The number of aromatic nitrogens is 3. The van der Waals surface area contributed by atoms with Crippen LogP contribution in [0.15, 0.2) is 12.3 Å². The average molecular weight is 415 g/mol. The molecule has 2 amide bonds. The van der Waals surface area contributed by atoms with Crippen molar-refractivity contribution >= 4 is 28.3 Å². The molecule has 1 unspecified atom stereocenters. The summed E-state index contributed by atoms with van der Waals surface area (Å²) in [4.78, 5) is 31.7. The molecule has 8 heteroatoms. The van der Waals surface area contributed by atoms with E-state index in [-0.39, 0.29) is 6.03 Å². The standard InChI is InChI=1S/C21H30N6OS/c1-15-13-22-20(29-15)25-19-12-18(23-16(2)24-19)11-17-7-6-10-27(14-17)21(28)26-8-4-3-5-9-26/h12-13,17H,3-11,14H2,1-2H3,(H,22,23,24,25). The molecule has 0 saturated carbocycles. The monoisotopic (exact) mass is 414 g/mol. The van der Waals surface area contributed by atoms with Gasteiger partial charge in [-0.3, -0.25) is 0 Å². The number of aryl methyl sites for hydroxylation is 2. The van der Waals surface area contributed by atoms with Gasteiger partial charge in [-0.25, -0.2) is 19.7 Å². The first-order chi connectivity index (χ1) is 14.1. The van der Waals surface area contributed by atoms with E-state index in [1.54, 1.807) is 11.3 Å². The maximum Gasteiger partial charge on any atom is 0.320 e. The molecule has 2 aromatic rings. The number of carbonyl (C=O) groups is 1. The SMILES string of the molecule is Cc1nc(CC2CCCN(C(=O)N3CCCCC3)C2)cc(Nc2ncc(C)s2)n1. The lowest BCUT2D eigenvalue weighted by Gasteiger charge is -2.37. The van der Waals surface area contributed by atoms with E-state index in [0.717, 1.165) is 80.8 Å². The summed E-state index contributed by atoms with van der Waals surface area (Å²) in [5.41, 5.74) is 1.03. The van der Waals surface area contributed by atoms with Gasteiger partial charge in [-0.2, -0.15) is 0 Å². The number of rotatable bonds is 4. The number of nitrogens with zero attached hydrogens (tertiary/aromatic N) is 5. The van der Waals surface area contributed by atoms with Crippen LogP contribution in [0.5, 0.6) is 0 Å². The lowest BCUT2D eigenvalue weighted by molar-refractivity contribution is 0.121. The van der Waals surface area contributed by atoms with E-state index in [1.807, 2.05) is 31.0 Å². The lowest BCUT2D eigenvalue weighted by Crippen LogP contribution is -2.49. The first kappa shape index (κ1) is 20.1. The van der Waals surface area contributed by atoms with Crippen LogP contribution in [0.3, 0.4) is 0 Å². The molecule has 2 aromatic heterocycles. The largest absolute Gasteiger partial charge is 0.325 e. The highest BCUT2D eigenvalue weighted by molar-refractivity contribution is 7.15. The molecule has 1 N–H and O–H groups in total. The third-order valence-corrected chi connectivity index (χ3v) is 6.49. The molecule has 0 aliphatic carbocycles. The first-order valence-corrected chi connectivity index (χ1v) is 11.5. The molecule has 156 valence electrons. The fourth-order valence-corrected chi connectivity index (χ4v) is 4.98. The van der Waals surface area contributed by atoms with Crippen LogP contribution in [0.25, 0.3) is 0 Å². The van der Waals surface area contributed by atoms with E-state index >= 15 is 0 Å². The fraction of sp³-hybridized carbons (Fsp3) is 0.619. The molecule has 1 atom stereocenters. The zero-order valence-corrected chi connectivity index (χ0v) is 18.2. The van der Waals surface area contributed by atoms with Crippen LogP contribution in [-0.2, 0) is 6.42 Å². The maximum absolute atomic E-state index is 12.9. The van der Waals surface area contributed by atoms with Crippen molar-refractivity contribution in [3.05, 3.63) is 28.7 Å². The second kappa shape index (κ2) is 9.07. The van der Waals surface area contributed by atoms with Crippen molar-refractivity contribution in [1.29, 1.82) is 0 Å². The van der Waals surface area contributed by atoms with Crippen LogP contribution in [-0.4, -0.2) is 57.0 Å². The second-order valence-electron chi connectivity index (χ2n) is 8.18. The summed E-state index contributed by atoms with van der Waals surface area (Å²) in [6.45, 7) is 7.50. The maximum atomic E-state index is 12.9. The van der Waals surface area contributed by atoms with E-state index < -0.39 is 0 Å². The summed E-state index contributed by atoms with van der Waals surface area (Å²) < 4.78 is 0. The minimum Gasteiger partial charge on any atom is -0.325 e. The van der Waals surface area contributed by atoms with Crippen molar-refractivity contribution in [2.75, 3.05) is 31.5 Å². The number of urea groups is 1. The summed E-state index contributed by atoms with van der Waals surface area (Å²) in [6.07, 6.45) is 8.46. The molecular formula is C21H30N6OS. The Morgan fingerprint density at radius 2 is 1.93 bits per heavy atom. The zero-order chi connectivity index (χ0) is 20.2. The first-order valence-electron chi connectivity index (χ1n) is 10.6. The molecule has 2 aliphatic rings. The molecule has 2 aliphatic heterocycles. The van der Waals surface area contributed by atoms with Gasteiger partial charge in [0.25, 0.3) is 0 Å². The number of likely N-dealkylation sites (tertiary alicyclic amines) is 2. The predicted octanol–water partition coefficient (Wildman–Crippen LogP) is 4.15. The van der Waals surface area contributed by atoms with Gasteiger partial charge in [-0.1, -0.05) is 0 Å². The third-order valence-electron chi connectivity index (χ3n) is 5.66. The molecule has 7 nitrogen and oxygen atoms in total. The van der Waals surface area contributed by atoms with E-state index in [2.05, 4.69) is 25.2 Å².